The van der Waals surface area contributed by atoms with Crippen molar-refractivity contribution >= 4 is 22.9 Å². The van der Waals surface area contributed by atoms with Crippen LogP contribution in [-0.4, -0.2) is 23.8 Å². The van der Waals surface area contributed by atoms with Gasteiger partial charge in [-0.1, -0.05) is 60.7 Å². The standard InChI is InChI=1S/C20H18N2O2/c21-12-15-10-11-18(17-9-5-4-8-16(15)17)20(24)22-13-19(23)14-6-2-1-3-7-14/h1-12,19,21,23H,13H2,(H,22,24). The summed E-state index contributed by atoms with van der Waals surface area (Å²) >= 11 is 0. The van der Waals surface area contributed by atoms with Gasteiger partial charge in [0.2, 0.25) is 0 Å². The van der Waals surface area contributed by atoms with Gasteiger partial charge in [0, 0.05) is 18.3 Å². The third kappa shape index (κ3) is 3.19. The first-order valence-electron chi connectivity index (χ1n) is 7.74. The molecule has 0 radical (unpaired) electrons. The number of aliphatic hydroxyl groups is 1. The smallest absolute Gasteiger partial charge is 0.252 e. The Labute approximate surface area is 140 Å². The first-order chi connectivity index (χ1) is 11.7. The lowest BCUT2D eigenvalue weighted by molar-refractivity contribution is 0.0918. The van der Waals surface area contributed by atoms with Crippen LogP contribution in [0.15, 0.2) is 66.7 Å². The predicted molar refractivity (Wildman–Crippen MR) is 95.6 cm³/mol. The van der Waals surface area contributed by atoms with Crippen molar-refractivity contribution in [3.63, 3.8) is 0 Å². The minimum atomic E-state index is -0.748. The van der Waals surface area contributed by atoms with Crippen LogP contribution in [0.25, 0.3) is 10.8 Å². The van der Waals surface area contributed by atoms with Crippen LogP contribution >= 0.6 is 0 Å². The molecule has 3 aromatic rings. The summed E-state index contributed by atoms with van der Waals surface area (Å²) in [6.07, 6.45) is 0.533. The minimum absolute atomic E-state index is 0.142. The summed E-state index contributed by atoms with van der Waals surface area (Å²) in [5.41, 5.74) is 2.07. The van der Waals surface area contributed by atoms with E-state index >= 15 is 0 Å². The molecule has 3 aromatic carbocycles. The summed E-state index contributed by atoms with van der Waals surface area (Å²) < 4.78 is 0. The molecule has 0 saturated carbocycles. The fourth-order valence-corrected chi connectivity index (χ4v) is 2.72. The zero-order valence-corrected chi connectivity index (χ0v) is 13.1. The van der Waals surface area contributed by atoms with Crippen LogP contribution in [0.1, 0.15) is 27.6 Å². The second-order valence-electron chi connectivity index (χ2n) is 5.53. The van der Waals surface area contributed by atoms with Crippen molar-refractivity contribution < 1.29 is 9.90 Å². The molecule has 0 saturated heterocycles. The molecule has 24 heavy (non-hydrogen) atoms. The number of carbonyl (C=O) groups is 1. The van der Waals surface area contributed by atoms with Crippen molar-refractivity contribution in [1.29, 1.82) is 5.41 Å². The number of rotatable bonds is 5. The molecule has 0 aromatic heterocycles. The normalized spacial score (nSPS) is 11.9. The van der Waals surface area contributed by atoms with Crippen molar-refractivity contribution in [2.24, 2.45) is 0 Å². The highest BCUT2D eigenvalue weighted by molar-refractivity contribution is 6.11. The Morgan fingerprint density at radius 3 is 2.38 bits per heavy atom. The van der Waals surface area contributed by atoms with Gasteiger partial charge < -0.3 is 15.8 Å². The molecule has 4 heteroatoms. The van der Waals surface area contributed by atoms with Gasteiger partial charge in [0.05, 0.1) is 6.10 Å². The van der Waals surface area contributed by atoms with Crippen molar-refractivity contribution in [3.05, 3.63) is 83.4 Å². The molecular formula is C20H18N2O2. The fraction of sp³-hybridized carbons (Fsp3) is 0.100. The molecule has 1 amide bonds. The number of hydrogen-bond acceptors (Lipinski definition) is 3. The van der Waals surface area contributed by atoms with Crippen molar-refractivity contribution in [1.82, 2.24) is 5.32 Å². The molecular weight excluding hydrogens is 300 g/mol. The summed E-state index contributed by atoms with van der Waals surface area (Å²) in [5.74, 6) is -0.238. The molecule has 0 aliphatic carbocycles. The lowest BCUT2D eigenvalue weighted by atomic mass is 9.99. The number of hydrogen-bond donors (Lipinski definition) is 3. The number of carbonyl (C=O) groups excluding carboxylic acids is 1. The molecule has 0 fully saturated rings. The summed E-state index contributed by atoms with van der Waals surface area (Å²) in [6, 6.07) is 20.2. The maximum absolute atomic E-state index is 12.5. The maximum Gasteiger partial charge on any atom is 0.252 e. The van der Waals surface area contributed by atoms with Crippen molar-refractivity contribution in [2.45, 2.75) is 6.10 Å². The van der Waals surface area contributed by atoms with E-state index in [0.717, 1.165) is 21.9 Å². The Morgan fingerprint density at radius 2 is 1.67 bits per heavy atom. The molecule has 1 unspecified atom stereocenters. The Morgan fingerprint density at radius 1 is 1.00 bits per heavy atom. The van der Waals surface area contributed by atoms with Gasteiger partial charge in [-0.05, 0) is 28.0 Å². The molecule has 3 N–H and O–H groups in total. The average Bonchev–Trinajstić information content (AvgIpc) is 2.65. The quantitative estimate of drug-likeness (QED) is 0.632. The average molecular weight is 318 g/mol. The summed E-state index contributed by atoms with van der Waals surface area (Å²) in [4.78, 5) is 12.5. The lowest BCUT2D eigenvalue weighted by Crippen LogP contribution is -2.28. The molecule has 1 atom stereocenters. The molecule has 3 rings (SSSR count). The largest absolute Gasteiger partial charge is 0.387 e. The van der Waals surface area contributed by atoms with E-state index in [2.05, 4.69) is 5.32 Å². The van der Waals surface area contributed by atoms with Crippen LogP contribution in [0.5, 0.6) is 0 Å². The number of amides is 1. The lowest BCUT2D eigenvalue weighted by Gasteiger charge is -2.13. The number of aliphatic hydroxyl groups excluding tert-OH is 1. The van der Waals surface area contributed by atoms with Gasteiger partial charge >= 0.3 is 0 Å². The van der Waals surface area contributed by atoms with Crippen molar-refractivity contribution in [3.8, 4) is 0 Å². The van der Waals surface area contributed by atoms with E-state index in [9.17, 15) is 9.90 Å². The first kappa shape index (κ1) is 15.9. The summed E-state index contributed by atoms with van der Waals surface area (Å²) in [6.45, 7) is 0.142. The highest BCUT2D eigenvalue weighted by atomic mass is 16.3. The molecule has 0 heterocycles. The number of fused-ring (bicyclic) bond motifs is 1. The zero-order valence-electron chi connectivity index (χ0n) is 13.1. The summed E-state index contributed by atoms with van der Waals surface area (Å²) in [7, 11) is 0. The second-order valence-corrected chi connectivity index (χ2v) is 5.53. The van der Waals surface area contributed by atoms with Crippen LogP contribution in [0, 0.1) is 5.41 Å². The highest BCUT2D eigenvalue weighted by Gasteiger charge is 2.14. The van der Waals surface area contributed by atoms with E-state index in [1.807, 2.05) is 54.6 Å². The van der Waals surface area contributed by atoms with E-state index in [0.29, 0.717) is 5.56 Å². The van der Waals surface area contributed by atoms with E-state index < -0.39 is 6.10 Å². The molecule has 0 spiro atoms. The van der Waals surface area contributed by atoms with Gasteiger partial charge in [0.25, 0.3) is 5.91 Å². The fourth-order valence-electron chi connectivity index (χ4n) is 2.72. The molecule has 120 valence electrons. The second kappa shape index (κ2) is 7.06. The summed E-state index contributed by atoms with van der Waals surface area (Å²) in [5, 5.41) is 22.1. The SMILES string of the molecule is N=Cc1ccc(C(=O)NCC(O)c2ccccc2)c2ccccc12. The minimum Gasteiger partial charge on any atom is -0.387 e. The zero-order chi connectivity index (χ0) is 16.9. The molecule has 4 nitrogen and oxygen atoms in total. The van der Waals surface area contributed by atoms with Crippen molar-refractivity contribution in [2.75, 3.05) is 6.54 Å². The Kier molecular flexibility index (Phi) is 4.68. The molecule has 0 bridgehead atoms. The predicted octanol–water partition coefficient (Wildman–Crippen LogP) is 3.30. The van der Waals surface area contributed by atoms with Gasteiger partial charge in [0.15, 0.2) is 0 Å². The topological polar surface area (TPSA) is 73.2 Å². The van der Waals surface area contributed by atoms with Gasteiger partial charge in [-0.3, -0.25) is 4.79 Å². The Bertz CT molecular complexity index is 875. The highest BCUT2D eigenvalue weighted by Crippen LogP contribution is 2.22. The van der Waals surface area contributed by atoms with Gasteiger partial charge in [-0.25, -0.2) is 0 Å². The molecule has 0 aliphatic rings. The number of nitrogens with one attached hydrogen (secondary N) is 2. The van der Waals surface area contributed by atoms with Gasteiger partial charge in [-0.15, -0.1) is 0 Å². The Balaban J connectivity index is 1.81. The van der Waals surface area contributed by atoms with Crippen LogP contribution in [0.2, 0.25) is 0 Å². The van der Waals surface area contributed by atoms with E-state index in [1.54, 1.807) is 12.1 Å². The van der Waals surface area contributed by atoms with Crippen LogP contribution in [0.3, 0.4) is 0 Å². The van der Waals surface area contributed by atoms with E-state index in [1.165, 1.54) is 6.21 Å². The Hall–Kier alpha value is -2.98. The first-order valence-corrected chi connectivity index (χ1v) is 7.74. The van der Waals surface area contributed by atoms with Gasteiger partial charge in [0.1, 0.15) is 0 Å². The third-order valence-corrected chi connectivity index (χ3v) is 4.00. The number of benzene rings is 3. The van der Waals surface area contributed by atoms with Crippen LogP contribution in [0.4, 0.5) is 0 Å². The van der Waals surface area contributed by atoms with E-state index in [-0.39, 0.29) is 12.5 Å². The van der Waals surface area contributed by atoms with Crippen LogP contribution in [-0.2, 0) is 0 Å². The third-order valence-electron chi connectivity index (χ3n) is 4.00. The maximum atomic E-state index is 12.5. The van der Waals surface area contributed by atoms with Crippen LogP contribution < -0.4 is 5.32 Å². The van der Waals surface area contributed by atoms with Gasteiger partial charge in [-0.2, -0.15) is 0 Å². The monoisotopic (exact) mass is 318 g/mol. The van der Waals surface area contributed by atoms with E-state index in [4.69, 9.17) is 5.41 Å². The molecule has 0 aliphatic heterocycles.